The van der Waals surface area contributed by atoms with Crippen LogP contribution in [0.2, 0.25) is 0 Å². The highest BCUT2D eigenvalue weighted by atomic mass is 16.3. The lowest BCUT2D eigenvalue weighted by Crippen LogP contribution is -2.39. The summed E-state index contributed by atoms with van der Waals surface area (Å²) in [6.07, 6.45) is 3.04. The molecule has 1 aliphatic rings. The summed E-state index contributed by atoms with van der Waals surface area (Å²) in [6.45, 7) is 4.22. The molecule has 0 aromatic carbocycles. The van der Waals surface area contributed by atoms with Crippen molar-refractivity contribution in [3.63, 3.8) is 0 Å². The van der Waals surface area contributed by atoms with E-state index in [2.05, 4.69) is 5.32 Å². The summed E-state index contributed by atoms with van der Waals surface area (Å²) in [7, 11) is 1.68. The molecule has 1 aliphatic carbocycles. The molecule has 0 spiro atoms. The summed E-state index contributed by atoms with van der Waals surface area (Å²) < 4.78 is 0. The monoisotopic (exact) mass is 256 g/mol. The first-order valence-corrected chi connectivity index (χ1v) is 6.53. The third kappa shape index (κ3) is 6.00. The van der Waals surface area contributed by atoms with Crippen LogP contribution in [0.5, 0.6) is 0 Å². The van der Waals surface area contributed by atoms with Crippen LogP contribution in [-0.2, 0) is 9.59 Å². The Kier molecular flexibility index (Phi) is 5.14. The van der Waals surface area contributed by atoms with Crippen molar-refractivity contribution in [3.8, 4) is 0 Å². The minimum atomic E-state index is -0.870. The Balaban J connectivity index is 2.10. The van der Waals surface area contributed by atoms with Gasteiger partial charge in [0.2, 0.25) is 11.8 Å². The molecule has 18 heavy (non-hydrogen) atoms. The summed E-state index contributed by atoms with van der Waals surface area (Å²) in [4.78, 5) is 24.6. The molecule has 5 heteroatoms. The highest BCUT2D eigenvalue weighted by molar-refractivity contribution is 5.81. The van der Waals surface area contributed by atoms with Gasteiger partial charge in [0.15, 0.2) is 0 Å². The highest BCUT2D eigenvalue weighted by Gasteiger charge is 2.29. The zero-order chi connectivity index (χ0) is 13.8. The van der Waals surface area contributed by atoms with Gasteiger partial charge in [-0.15, -0.1) is 0 Å². The summed E-state index contributed by atoms with van der Waals surface area (Å²) >= 11 is 0. The molecule has 5 nitrogen and oxygen atoms in total. The van der Waals surface area contributed by atoms with Crippen molar-refractivity contribution in [3.05, 3.63) is 0 Å². The molecular formula is C13H24N2O3. The summed E-state index contributed by atoms with van der Waals surface area (Å²) in [5.74, 6) is 0.337. The number of hydrogen-bond acceptors (Lipinski definition) is 3. The van der Waals surface area contributed by atoms with E-state index in [0.717, 1.165) is 12.8 Å². The average molecular weight is 256 g/mol. The van der Waals surface area contributed by atoms with Gasteiger partial charge in [-0.1, -0.05) is 0 Å². The summed E-state index contributed by atoms with van der Waals surface area (Å²) in [5, 5.41) is 12.4. The zero-order valence-corrected chi connectivity index (χ0v) is 11.5. The molecule has 0 aliphatic heterocycles. The zero-order valence-electron chi connectivity index (χ0n) is 11.5. The Morgan fingerprint density at radius 3 is 2.50 bits per heavy atom. The molecule has 0 saturated heterocycles. The van der Waals surface area contributed by atoms with Crippen molar-refractivity contribution in [1.29, 1.82) is 0 Å². The van der Waals surface area contributed by atoms with E-state index < -0.39 is 5.60 Å². The fraction of sp³-hybridized carbons (Fsp3) is 0.846. The number of likely N-dealkylation sites (N-methyl/N-ethyl adjacent to an activating group) is 1. The van der Waals surface area contributed by atoms with Crippen LogP contribution in [0.3, 0.4) is 0 Å². The van der Waals surface area contributed by atoms with Crippen LogP contribution < -0.4 is 5.32 Å². The minimum absolute atomic E-state index is 0.00204. The van der Waals surface area contributed by atoms with Gasteiger partial charge in [0.05, 0.1) is 5.60 Å². The van der Waals surface area contributed by atoms with Gasteiger partial charge in [0.25, 0.3) is 0 Å². The maximum Gasteiger partial charge on any atom is 0.223 e. The molecule has 0 aromatic heterocycles. The first-order chi connectivity index (χ1) is 8.29. The van der Waals surface area contributed by atoms with Crippen molar-refractivity contribution in [2.75, 3.05) is 20.1 Å². The third-order valence-corrected chi connectivity index (χ3v) is 2.86. The van der Waals surface area contributed by atoms with Gasteiger partial charge in [-0.3, -0.25) is 9.59 Å². The number of carbonyl (C=O) groups excluding carboxylic acids is 2. The molecule has 2 amide bonds. The molecule has 1 saturated carbocycles. The normalized spacial score (nSPS) is 15.3. The lowest BCUT2D eigenvalue weighted by Gasteiger charge is -2.25. The lowest BCUT2D eigenvalue weighted by molar-refractivity contribution is -0.132. The van der Waals surface area contributed by atoms with E-state index in [4.69, 9.17) is 0 Å². The van der Waals surface area contributed by atoms with Crippen molar-refractivity contribution in [2.45, 2.75) is 45.1 Å². The fourth-order valence-corrected chi connectivity index (χ4v) is 1.80. The Morgan fingerprint density at radius 2 is 2.00 bits per heavy atom. The second-order valence-electron chi connectivity index (χ2n) is 5.73. The molecule has 0 atom stereocenters. The van der Waals surface area contributed by atoms with Crippen LogP contribution in [0.25, 0.3) is 0 Å². The molecule has 2 N–H and O–H groups in total. The smallest absolute Gasteiger partial charge is 0.223 e. The van der Waals surface area contributed by atoms with Crippen LogP contribution in [0.1, 0.15) is 39.5 Å². The molecule has 0 unspecified atom stereocenters. The van der Waals surface area contributed by atoms with E-state index in [1.165, 1.54) is 4.90 Å². The Morgan fingerprint density at radius 1 is 1.39 bits per heavy atom. The van der Waals surface area contributed by atoms with Gasteiger partial charge < -0.3 is 15.3 Å². The molecule has 0 bridgehead atoms. The van der Waals surface area contributed by atoms with Crippen LogP contribution in [0, 0.1) is 5.92 Å². The number of nitrogens with zero attached hydrogens (tertiary/aromatic N) is 1. The number of carbonyl (C=O) groups is 2. The molecule has 0 heterocycles. The quantitative estimate of drug-likeness (QED) is 0.653. The number of rotatable bonds is 7. The number of hydrogen-bond donors (Lipinski definition) is 2. The van der Waals surface area contributed by atoms with Crippen molar-refractivity contribution in [1.82, 2.24) is 10.2 Å². The van der Waals surface area contributed by atoms with Crippen molar-refractivity contribution < 1.29 is 14.7 Å². The lowest BCUT2D eigenvalue weighted by atomic mass is 10.1. The largest absolute Gasteiger partial charge is 0.389 e. The van der Waals surface area contributed by atoms with E-state index in [1.54, 1.807) is 20.9 Å². The maximum absolute atomic E-state index is 11.7. The second-order valence-corrected chi connectivity index (χ2v) is 5.73. The van der Waals surface area contributed by atoms with Gasteiger partial charge >= 0.3 is 0 Å². The number of amides is 2. The third-order valence-electron chi connectivity index (χ3n) is 2.86. The van der Waals surface area contributed by atoms with Gasteiger partial charge in [-0.2, -0.15) is 0 Å². The standard InChI is InChI=1S/C13H24N2O3/c1-13(2,18)9-15(3)11(16)5-4-8-14-12(17)10-6-7-10/h10,18H,4-9H2,1-3H3,(H,14,17). The Bertz CT molecular complexity index is 306. The molecule has 0 aromatic rings. The molecule has 104 valence electrons. The summed E-state index contributed by atoms with van der Waals surface area (Å²) in [6, 6.07) is 0. The van der Waals surface area contributed by atoms with Gasteiger partial charge in [0, 0.05) is 32.5 Å². The van der Waals surface area contributed by atoms with E-state index in [-0.39, 0.29) is 17.7 Å². The number of aliphatic hydroxyl groups is 1. The predicted molar refractivity (Wildman–Crippen MR) is 68.9 cm³/mol. The first-order valence-electron chi connectivity index (χ1n) is 6.53. The molecule has 1 rings (SSSR count). The second kappa shape index (κ2) is 6.18. The predicted octanol–water partition coefficient (Wildman–Crippen LogP) is 0.522. The minimum Gasteiger partial charge on any atom is -0.389 e. The maximum atomic E-state index is 11.7. The van der Waals surface area contributed by atoms with Gasteiger partial charge in [0.1, 0.15) is 0 Å². The van der Waals surface area contributed by atoms with Crippen LogP contribution in [0.15, 0.2) is 0 Å². The van der Waals surface area contributed by atoms with Gasteiger partial charge in [-0.25, -0.2) is 0 Å². The van der Waals surface area contributed by atoms with Crippen LogP contribution >= 0.6 is 0 Å². The van der Waals surface area contributed by atoms with E-state index in [1.807, 2.05) is 0 Å². The van der Waals surface area contributed by atoms with Gasteiger partial charge in [-0.05, 0) is 33.1 Å². The topological polar surface area (TPSA) is 69.6 Å². The molecular weight excluding hydrogens is 232 g/mol. The average Bonchev–Trinajstić information content (AvgIpc) is 3.04. The Hall–Kier alpha value is -1.10. The SMILES string of the molecule is CN(CC(C)(C)O)C(=O)CCCNC(=O)C1CC1. The highest BCUT2D eigenvalue weighted by Crippen LogP contribution is 2.28. The van der Waals surface area contributed by atoms with Crippen LogP contribution in [0.4, 0.5) is 0 Å². The van der Waals surface area contributed by atoms with Crippen LogP contribution in [-0.4, -0.2) is 47.6 Å². The number of nitrogens with one attached hydrogen (secondary N) is 1. The van der Waals surface area contributed by atoms with Crippen molar-refractivity contribution in [2.24, 2.45) is 5.92 Å². The fourth-order valence-electron chi connectivity index (χ4n) is 1.80. The summed E-state index contributed by atoms with van der Waals surface area (Å²) in [5.41, 5.74) is -0.870. The van der Waals surface area contributed by atoms with E-state index in [9.17, 15) is 14.7 Å². The van der Waals surface area contributed by atoms with Crippen molar-refractivity contribution >= 4 is 11.8 Å². The van der Waals surface area contributed by atoms with E-state index in [0.29, 0.717) is 25.9 Å². The molecule has 1 fully saturated rings. The Labute approximate surface area is 109 Å². The molecule has 0 radical (unpaired) electrons. The van der Waals surface area contributed by atoms with E-state index >= 15 is 0 Å². The first kappa shape index (κ1) is 15.0.